The van der Waals surface area contributed by atoms with Crippen LogP contribution in [0.25, 0.3) is 0 Å². The van der Waals surface area contributed by atoms with Gasteiger partial charge in [-0.1, -0.05) is 54.9 Å². The number of rotatable bonds is 4. The molecule has 6 heteroatoms. The monoisotopic (exact) mass is 417 g/mol. The molecule has 0 aromatic carbocycles. The third-order valence-corrected chi connectivity index (χ3v) is 5.63. The van der Waals surface area contributed by atoms with Crippen LogP contribution in [0.2, 0.25) is 0 Å². The molecule has 6 N–H and O–H groups in total. The molecule has 0 amide bonds. The zero-order chi connectivity index (χ0) is 22.4. The second-order valence-corrected chi connectivity index (χ2v) is 10.0. The van der Waals surface area contributed by atoms with Gasteiger partial charge >= 0.3 is 0 Å². The van der Waals surface area contributed by atoms with Crippen molar-refractivity contribution in [2.75, 3.05) is 39.3 Å². The molecule has 3 heterocycles. The molecule has 0 aromatic rings. The van der Waals surface area contributed by atoms with E-state index in [4.69, 9.17) is 5.11 Å². The van der Waals surface area contributed by atoms with E-state index in [1.165, 1.54) is 6.42 Å². The molecule has 3 fully saturated rings. The fourth-order valence-electron chi connectivity index (χ4n) is 3.32. The molecule has 29 heavy (non-hydrogen) atoms. The minimum absolute atomic E-state index is 0.0648. The minimum Gasteiger partial charge on any atom is -0.392 e. The maximum atomic E-state index is 9.52. The first kappa shape index (κ1) is 28.8. The predicted octanol–water partition coefficient (Wildman–Crippen LogP) is 1.98. The third-order valence-electron chi connectivity index (χ3n) is 5.63. The van der Waals surface area contributed by atoms with E-state index in [-0.39, 0.29) is 17.8 Å². The first-order valence-corrected chi connectivity index (χ1v) is 11.7. The van der Waals surface area contributed by atoms with Crippen LogP contribution in [0, 0.1) is 23.7 Å². The van der Waals surface area contributed by atoms with Crippen LogP contribution < -0.4 is 16.0 Å². The maximum Gasteiger partial charge on any atom is 0.0897 e. The van der Waals surface area contributed by atoms with Crippen molar-refractivity contribution in [3.8, 4) is 0 Å². The van der Waals surface area contributed by atoms with Gasteiger partial charge in [0.25, 0.3) is 0 Å². The summed E-state index contributed by atoms with van der Waals surface area (Å²) < 4.78 is 0. The summed E-state index contributed by atoms with van der Waals surface area (Å²) in [5, 5.41) is 36.7. The summed E-state index contributed by atoms with van der Waals surface area (Å²) in [4.78, 5) is 0. The Balaban J connectivity index is 0.000000372. The molecular weight excluding hydrogens is 366 g/mol. The van der Waals surface area contributed by atoms with E-state index in [0.29, 0.717) is 17.8 Å². The largest absolute Gasteiger partial charge is 0.392 e. The molecule has 0 aromatic heterocycles. The van der Waals surface area contributed by atoms with Gasteiger partial charge in [0, 0.05) is 38.6 Å². The number of hydrogen-bond donors (Lipinski definition) is 6. The highest BCUT2D eigenvalue weighted by Crippen LogP contribution is 2.20. The number of aliphatic hydroxyl groups excluding tert-OH is 2. The van der Waals surface area contributed by atoms with E-state index in [9.17, 15) is 10.2 Å². The lowest BCUT2D eigenvalue weighted by atomic mass is 9.87. The molecule has 6 nitrogen and oxygen atoms in total. The molecule has 3 atom stereocenters. The van der Waals surface area contributed by atoms with Crippen LogP contribution in [0.1, 0.15) is 67.7 Å². The van der Waals surface area contributed by atoms with Gasteiger partial charge in [-0.05, 0) is 37.1 Å². The highest BCUT2D eigenvalue weighted by molar-refractivity contribution is 4.92. The summed E-state index contributed by atoms with van der Waals surface area (Å²) in [5.74, 6) is 2.58. The fraction of sp³-hybridized carbons (Fsp3) is 1.00. The molecule has 3 aliphatic rings. The van der Waals surface area contributed by atoms with Crippen LogP contribution >= 0.6 is 0 Å². The Bertz CT molecular complexity index is 382. The quantitative estimate of drug-likeness (QED) is 0.419. The van der Waals surface area contributed by atoms with Crippen molar-refractivity contribution >= 4 is 0 Å². The molecular formula is C23H51N3O3. The van der Waals surface area contributed by atoms with Crippen LogP contribution in [0.15, 0.2) is 0 Å². The number of nitrogens with one attached hydrogen (secondary N) is 3. The Hall–Kier alpha value is -0.240. The van der Waals surface area contributed by atoms with Gasteiger partial charge in [-0.2, -0.15) is 0 Å². The van der Waals surface area contributed by atoms with Crippen molar-refractivity contribution in [2.24, 2.45) is 23.7 Å². The number of β-amino-alcohol motifs (C(OH)–C–C–N with tert-alkyl or cyclic N) is 3. The van der Waals surface area contributed by atoms with Gasteiger partial charge in [-0.3, -0.25) is 0 Å². The number of hydrogen-bond acceptors (Lipinski definition) is 6. The number of aliphatic hydroxyl groups is 3. The smallest absolute Gasteiger partial charge is 0.0897 e. The third kappa shape index (κ3) is 14.4. The summed E-state index contributed by atoms with van der Waals surface area (Å²) in [6, 6.07) is 0. The standard InChI is InChI=1S/2C7H15NO.C5H12.C4H9NO/c1-6(2)3-7(9)4-8-5-7;1-5(2)6-3-8-4-7(6)9;1-4-5(2)3;6-4-1-2-5-3-4/h6,8-9H,3-5H2,1-2H3;5-9H,3-4H2,1-2H3;5H,4H2,1-3H3;4-6H,1-3H2. The van der Waals surface area contributed by atoms with Crippen LogP contribution in [-0.4, -0.2) is 72.4 Å². The second kappa shape index (κ2) is 15.5. The Kier molecular flexibility index (Phi) is 15.4. The lowest BCUT2D eigenvalue weighted by molar-refractivity contribution is -0.0268. The van der Waals surface area contributed by atoms with Gasteiger partial charge in [0.05, 0.1) is 17.8 Å². The Morgan fingerprint density at radius 1 is 0.862 bits per heavy atom. The SMILES string of the molecule is CC(C)C1CNCC1O.CC(C)CC1(O)CNC1.CCC(C)C.OC1CCNC1. The summed E-state index contributed by atoms with van der Waals surface area (Å²) in [6.07, 6.45) is 3.00. The Morgan fingerprint density at radius 3 is 1.59 bits per heavy atom. The molecule has 3 saturated heterocycles. The first-order chi connectivity index (χ1) is 13.5. The predicted molar refractivity (Wildman–Crippen MR) is 123 cm³/mol. The molecule has 3 unspecified atom stereocenters. The van der Waals surface area contributed by atoms with E-state index >= 15 is 0 Å². The van der Waals surface area contributed by atoms with Crippen molar-refractivity contribution < 1.29 is 15.3 Å². The van der Waals surface area contributed by atoms with Crippen molar-refractivity contribution in [2.45, 2.75) is 85.5 Å². The lowest BCUT2D eigenvalue weighted by Gasteiger charge is -2.38. The summed E-state index contributed by atoms with van der Waals surface area (Å²) >= 11 is 0. The van der Waals surface area contributed by atoms with E-state index in [1.54, 1.807) is 0 Å². The highest BCUT2D eigenvalue weighted by atomic mass is 16.3. The molecule has 176 valence electrons. The van der Waals surface area contributed by atoms with E-state index in [1.807, 2.05) is 0 Å². The molecule has 0 radical (unpaired) electrons. The van der Waals surface area contributed by atoms with Crippen molar-refractivity contribution in [3.63, 3.8) is 0 Å². The molecule has 0 spiro atoms. The van der Waals surface area contributed by atoms with Crippen molar-refractivity contribution in [1.82, 2.24) is 16.0 Å². The summed E-state index contributed by atoms with van der Waals surface area (Å²) in [7, 11) is 0. The van der Waals surface area contributed by atoms with Crippen LogP contribution in [0.4, 0.5) is 0 Å². The fourth-order valence-corrected chi connectivity index (χ4v) is 3.32. The minimum atomic E-state index is -0.367. The van der Waals surface area contributed by atoms with Gasteiger partial charge < -0.3 is 31.3 Å². The van der Waals surface area contributed by atoms with E-state index in [0.717, 1.165) is 58.0 Å². The molecule has 0 bridgehead atoms. The zero-order valence-corrected chi connectivity index (χ0v) is 20.2. The topological polar surface area (TPSA) is 96.8 Å². The van der Waals surface area contributed by atoms with E-state index < -0.39 is 0 Å². The molecule has 3 rings (SSSR count). The van der Waals surface area contributed by atoms with E-state index in [2.05, 4.69) is 64.4 Å². The normalized spacial score (nSPS) is 27.4. The zero-order valence-electron chi connectivity index (χ0n) is 20.2. The van der Waals surface area contributed by atoms with Gasteiger partial charge in [-0.15, -0.1) is 0 Å². The van der Waals surface area contributed by atoms with Crippen LogP contribution in [-0.2, 0) is 0 Å². The average Bonchev–Trinajstić information content (AvgIpc) is 3.25. The van der Waals surface area contributed by atoms with Crippen LogP contribution in [0.3, 0.4) is 0 Å². The molecule has 3 aliphatic heterocycles. The van der Waals surface area contributed by atoms with Crippen molar-refractivity contribution in [1.29, 1.82) is 0 Å². The molecule has 0 saturated carbocycles. The average molecular weight is 418 g/mol. The highest BCUT2D eigenvalue weighted by Gasteiger charge is 2.34. The van der Waals surface area contributed by atoms with Crippen LogP contribution in [0.5, 0.6) is 0 Å². The summed E-state index contributed by atoms with van der Waals surface area (Å²) in [6.45, 7) is 20.3. The molecule has 0 aliphatic carbocycles. The summed E-state index contributed by atoms with van der Waals surface area (Å²) in [5.41, 5.74) is -0.367. The van der Waals surface area contributed by atoms with Gasteiger partial charge in [0.2, 0.25) is 0 Å². The van der Waals surface area contributed by atoms with Gasteiger partial charge in [0.15, 0.2) is 0 Å². The van der Waals surface area contributed by atoms with Crippen molar-refractivity contribution in [3.05, 3.63) is 0 Å². The second-order valence-electron chi connectivity index (χ2n) is 10.0. The van der Waals surface area contributed by atoms with Gasteiger partial charge in [0.1, 0.15) is 0 Å². The van der Waals surface area contributed by atoms with Gasteiger partial charge in [-0.25, -0.2) is 0 Å². The maximum absolute atomic E-state index is 9.52. The Labute approximate surface area is 180 Å². The Morgan fingerprint density at radius 2 is 1.45 bits per heavy atom. The first-order valence-electron chi connectivity index (χ1n) is 11.7. The lowest BCUT2D eigenvalue weighted by Crippen LogP contribution is -2.59.